The maximum Gasteiger partial charge on any atom is 0.287 e. The second-order valence-corrected chi connectivity index (χ2v) is 3.73. The molecule has 3 nitrogen and oxygen atoms in total. The number of ether oxygens (including phenoxy) is 1. The van der Waals surface area contributed by atoms with Gasteiger partial charge in [0.25, 0.3) is 5.95 Å². The summed E-state index contributed by atoms with van der Waals surface area (Å²) in [6.07, 6.45) is 1.44. The molecule has 0 aliphatic rings. The van der Waals surface area contributed by atoms with E-state index < -0.39 is 0 Å². The van der Waals surface area contributed by atoms with Crippen LogP contribution in [0.25, 0.3) is 0 Å². The van der Waals surface area contributed by atoms with Crippen LogP contribution in [0.3, 0.4) is 0 Å². The Kier molecular flexibility index (Phi) is 3.27. The quantitative estimate of drug-likeness (QED) is 0.857. The van der Waals surface area contributed by atoms with E-state index in [2.05, 4.69) is 0 Å². The monoisotopic (exact) mass is 218 g/mol. The van der Waals surface area contributed by atoms with Crippen molar-refractivity contribution in [2.24, 2.45) is 0 Å². The molecule has 84 valence electrons. The van der Waals surface area contributed by atoms with Crippen LogP contribution in [0.1, 0.15) is 16.7 Å². The first kappa shape index (κ1) is 10.8. The number of hydrogen-bond acceptors (Lipinski definition) is 3. The van der Waals surface area contributed by atoms with Gasteiger partial charge in [-0.3, -0.25) is 0 Å². The number of furan rings is 1. The molecule has 0 saturated carbocycles. The highest BCUT2D eigenvalue weighted by molar-refractivity contribution is 5.21. The number of benzene rings is 1. The normalized spacial score (nSPS) is 10.6. The standard InChI is InChI=1S/C13H14O3/c1-10-2-4-11(5-3-10)8-15-9-12-6-7-16-13(12)14/h2-7,14H,8-9H2,1H3. The van der Waals surface area contributed by atoms with Crippen molar-refractivity contribution in [2.75, 3.05) is 0 Å². The molecule has 0 saturated heterocycles. The van der Waals surface area contributed by atoms with Crippen molar-refractivity contribution in [1.82, 2.24) is 0 Å². The van der Waals surface area contributed by atoms with Crippen molar-refractivity contribution in [3.05, 3.63) is 53.3 Å². The molecule has 2 rings (SSSR count). The highest BCUT2D eigenvalue weighted by Crippen LogP contribution is 2.18. The lowest BCUT2D eigenvalue weighted by atomic mass is 10.2. The predicted octanol–water partition coefficient (Wildman–Crippen LogP) is 3.01. The molecule has 0 atom stereocenters. The van der Waals surface area contributed by atoms with Gasteiger partial charge in [0.05, 0.1) is 25.0 Å². The smallest absolute Gasteiger partial charge is 0.287 e. The lowest BCUT2D eigenvalue weighted by Crippen LogP contribution is -1.93. The van der Waals surface area contributed by atoms with Gasteiger partial charge in [0.2, 0.25) is 0 Å². The molecule has 0 radical (unpaired) electrons. The Morgan fingerprint density at radius 3 is 2.50 bits per heavy atom. The Hall–Kier alpha value is -1.74. The molecule has 1 heterocycles. The molecular weight excluding hydrogens is 204 g/mol. The first-order valence-electron chi connectivity index (χ1n) is 5.14. The van der Waals surface area contributed by atoms with Crippen LogP contribution in [0, 0.1) is 6.92 Å². The van der Waals surface area contributed by atoms with Gasteiger partial charge < -0.3 is 14.3 Å². The van der Waals surface area contributed by atoms with Crippen LogP contribution < -0.4 is 0 Å². The maximum absolute atomic E-state index is 9.24. The van der Waals surface area contributed by atoms with E-state index >= 15 is 0 Å². The Balaban J connectivity index is 1.84. The Labute approximate surface area is 94.3 Å². The fraction of sp³-hybridized carbons (Fsp3) is 0.231. The van der Waals surface area contributed by atoms with Crippen molar-refractivity contribution >= 4 is 0 Å². The van der Waals surface area contributed by atoms with Crippen LogP contribution in [0.15, 0.2) is 41.0 Å². The third kappa shape index (κ3) is 2.64. The van der Waals surface area contributed by atoms with Gasteiger partial charge >= 0.3 is 0 Å². The van der Waals surface area contributed by atoms with E-state index in [1.165, 1.54) is 11.8 Å². The molecular formula is C13H14O3. The zero-order chi connectivity index (χ0) is 11.4. The zero-order valence-corrected chi connectivity index (χ0v) is 9.14. The minimum atomic E-state index is -0.0658. The van der Waals surface area contributed by atoms with Gasteiger partial charge in [0.1, 0.15) is 0 Å². The molecule has 0 spiro atoms. The number of aryl methyl sites for hydroxylation is 1. The minimum Gasteiger partial charge on any atom is -0.480 e. The fourth-order valence-corrected chi connectivity index (χ4v) is 1.40. The van der Waals surface area contributed by atoms with Crippen LogP contribution in [-0.2, 0) is 18.0 Å². The van der Waals surface area contributed by atoms with Crippen molar-refractivity contribution in [3.63, 3.8) is 0 Å². The van der Waals surface area contributed by atoms with Crippen molar-refractivity contribution in [2.45, 2.75) is 20.1 Å². The van der Waals surface area contributed by atoms with E-state index in [1.54, 1.807) is 6.07 Å². The fourth-order valence-electron chi connectivity index (χ4n) is 1.40. The van der Waals surface area contributed by atoms with E-state index in [0.717, 1.165) is 5.56 Å². The van der Waals surface area contributed by atoms with E-state index in [-0.39, 0.29) is 5.95 Å². The molecule has 1 N–H and O–H groups in total. The summed E-state index contributed by atoms with van der Waals surface area (Å²) in [6, 6.07) is 9.86. The first-order chi connectivity index (χ1) is 7.75. The average molecular weight is 218 g/mol. The van der Waals surface area contributed by atoms with Gasteiger partial charge in [-0.15, -0.1) is 0 Å². The molecule has 1 aromatic heterocycles. The Morgan fingerprint density at radius 2 is 1.88 bits per heavy atom. The predicted molar refractivity (Wildman–Crippen MR) is 60.0 cm³/mol. The summed E-state index contributed by atoms with van der Waals surface area (Å²) in [5.41, 5.74) is 3.02. The van der Waals surface area contributed by atoms with Gasteiger partial charge in [-0.2, -0.15) is 0 Å². The minimum absolute atomic E-state index is 0.0658. The van der Waals surface area contributed by atoms with E-state index in [0.29, 0.717) is 18.8 Å². The Morgan fingerprint density at radius 1 is 1.12 bits per heavy atom. The summed E-state index contributed by atoms with van der Waals surface area (Å²) in [5, 5.41) is 9.24. The van der Waals surface area contributed by atoms with E-state index in [4.69, 9.17) is 9.15 Å². The Bertz CT molecular complexity index is 442. The van der Waals surface area contributed by atoms with Crippen LogP contribution in [0.5, 0.6) is 5.95 Å². The largest absolute Gasteiger partial charge is 0.480 e. The molecule has 0 aliphatic carbocycles. The van der Waals surface area contributed by atoms with Gasteiger partial charge in [0.15, 0.2) is 0 Å². The second-order valence-electron chi connectivity index (χ2n) is 3.73. The van der Waals surface area contributed by atoms with Gasteiger partial charge in [-0.25, -0.2) is 0 Å². The summed E-state index contributed by atoms with van der Waals surface area (Å²) in [7, 11) is 0. The van der Waals surface area contributed by atoms with Crippen LogP contribution in [0.2, 0.25) is 0 Å². The zero-order valence-electron chi connectivity index (χ0n) is 9.14. The molecule has 0 unspecified atom stereocenters. The lowest BCUT2D eigenvalue weighted by Gasteiger charge is -2.03. The average Bonchev–Trinajstić information content (AvgIpc) is 2.68. The van der Waals surface area contributed by atoms with Gasteiger partial charge in [-0.1, -0.05) is 29.8 Å². The summed E-state index contributed by atoms with van der Waals surface area (Å²) >= 11 is 0. The topological polar surface area (TPSA) is 42.6 Å². The molecule has 1 aromatic carbocycles. The number of hydrogen-bond donors (Lipinski definition) is 1. The summed E-state index contributed by atoms with van der Waals surface area (Å²) < 4.78 is 10.2. The van der Waals surface area contributed by atoms with Crippen molar-refractivity contribution in [1.29, 1.82) is 0 Å². The molecule has 2 aromatic rings. The van der Waals surface area contributed by atoms with Gasteiger partial charge in [-0.05, 0) is 18.6 Å². The SMILES string of the molecule is Cc1ccc(COCc2ccoc2O)cc1. The molecule has 16 heavy (non-hydrogen) atoms. The highest BCUT2D eigenvalue weighted by Gasteiger charge is 2.03. The van der Waals surface area contributed by atoms with Crippen LogP contribution in [0.4, 0.5) is 0 Å². The van der Waals surface area contributed by atoms with E-state index in [1.807, 2.05) is 31.2 Å². The molecule has 0 aliphatic heterocycles. The van der Waals surface area contributed by atoms with E-state index in [9.17, 15) is 5.11 Å². The van der Waals surface area contributed by atoms with Crippen LogP contribution >= 0.6 is 0 Å². The summed E-state index contributed by atoms with van der Waals surface area (Å²) in [6.45, 7) is 2.94. The van der Waals surface area contributed by atoms with Crippen LogP contribution in [-0.4, -0.2) is 5.11 Å². The summed E-state index contributed by atoms with van der Waals surface area (Å²) in [5.74, 6) is -0.0658. The molecule has 0 amide bonds. The second kappa shape index (κ2) is 4.86. The highest BCUT2D eigenvalue weighted by atomic mass is 16.5. The third-order valence-electron chi connectivity index (χ3n) is 2.37. The van der Waals surface area contributed by atoms with Crippen molar-refractivity contribution in [3.8, 4) is 5.95 Å². The van der Waals surface area contributed by atoms with Gasteiger partial charge in [0, 0.05) is 0 Å². The third-order valence-corrected chi connectivity index (χ3v) is 2.37. The van der Waals surface area contributed by atoms with Crippen molar-refractivity contribution < 1.29 is 14.3 Å². The molecule has 0 bridgehead atoms. The first-order valence-corrected chi connectivity index (χ1v) is 5.14. The number of aromatic hydroxyl groups is 1. The molecule has 0 fully saturated rings. The summed E-state index contributed by atoms with van der Waals surface area (Å²) in [4.78, 5) is 0. The lowest BCUT2D eigenvalue weighted by molar-refractivity contribution is 0.104. The maximum atomic E-state index is 9.24. The molecule has 3 heteroatoms. The number of rotatable bonds is 4.